The van der Waals surface area contributed by atoms with E-state index >= 15 is 0 Å². The van der Waals surface area contributed by atoms with Crippen molar-refractivity contribution in [2.45, 2.75) is 59.5 Å². The summed E-state index contributed by atoms with van der Waals surface area (Å²) in [5.41, 5.74) is 7.21. The quantitative estimate of drug-likeness (QED) is 0.178. The molecule has 0 amide bonds. The van der Waals surface area contributed by atoms with Gasteiger partial charge in [-0.05, 0) is 63.9 Å². The van der Waals surface area contributed by atoms with Gasteiger partial charge in [0.1, 0.15) is 5.75 Å². The number of hydrogen-bond donors (Lipinski definition) is 0. The lowest BCUT2D eigenvalue weighted by Crippen LogP contribution is -2.01. The van der Waals surface area contributed by atoms with Crippen LogP contribution in [0.1, 0.15) is 44.0 Å². The molecule has 4 heterocycles. The summed E-state index contributed by atoms with van der Waals surface area (Å²) in [6, 6.07) is 19.5. The first kappa shape index (κ1) is 26.1. The van der Waals surface area contributed by atoms with Gasteiger partial charge in [0, 0.05) is 58.6 Å². The van der Waals surface area contributed by atoms with Crippen LogP contribution in [0.15, 0.2) is 67.0 Å². The van der Waals surface area contributed by atoms with Gasteiger partial charge in [-0.25, -0.2) is 0 Å². The van der Waals surface area contributed by atoms with Crippen LogP contribution in [-0.2, 0) is 13.1 Å². The van der Waals surface area contributed by atoms with E-state index in [4.69, 9.17) is 4.74 Å². The fraction of sp³-hybridized carbons (Fsp3) is 0.312. The molecule has 6 rings (SSSR count). The maximum atomic E-state index is 6.18. The predicted molar refractivity (Wildman–Crippen MR) is 161 cm³/mol. The molecule has 0 saturated heterocycles. The van der Waals surface area contributed by atoms with Gasteiger partial charge in [0.15, 0.2) is 0 Å². The fourth-order valence-electron chi connectivity index (χ4n) is 5.94. The van der Waals surface area contributed by atoms with E-state index in [0.29, 0.717) is 0 Å². The van der Waals surface area contributed by atoms with Crippen molar-refractivity contribution in [1.82, 2.24) is 19.1 Å². The van der Waals surface area contributed by atoms with Crippen molar-refractivity contribution in [3.8, 4) is 5.75 Å². The number of halogens is 1. The number of nitrogens with zero attached hydrogens (tertiary/aromatic N) is 4. The zero-order chi connectivity index (χ0) is 25.4. The normalized spacial score (nSPS) is 11.6. The first-order valence-electron chi connectivity index (χ1n) is 13.5. The minimum absolute atomic E-state index is 0. The van der Waals surface area contributed by atoms with Gasteiger partial charge in [0.25, 0.3) is 0 Å². The largest absolute Gasteiger partial charge is 0.494 e. The number of rotatable bonds is 9. The summed E-state index contributed by atoms with van der Waals surface area (Å²) in [6.45, 7) is 9.07. The van der Waals surface area contributed by atoms with Crippen molar-refractivity contribution in [2.75, 3.05) is 6.61 Å². The highest BCUT2D eigenvalue weighted by molar-refractivity contribution is 6.09. The second-order valence-corrected chi connectivity index (χ2v) is 9.94. The Labute approximate surface area is 229 Å². The lowest BCUT2D eigenvalue weighted by Gasteiger charge is -2.10. The summed E-state index contributed by atoms with van der Waals surface area (Å²) in [6.07, 6.45) is 8.39. The Hall–Kier alpha value is -3.57. The molecule has 0 fully saturated rings. The van der Waals surface area contributed by atoms with Crippen LogP contribution in [0.25, 0.3) is 43.6 Å². The highest BCUT2D eigenvalue weighted by Crippen LogP contribution is 2.33. The Bertz CT molecular complexity index is 1730. The molecule has 0 bridgehead atoms. The Balaban J connectivity index is 0.00000294. The number of ether oxygens (including phenoxy) is 1. The zero-order valence-electron chi connectivity index (χ0n) is 22.4. The minimum Gasteiger partial charge on any atom is -0.494 e. The molecule has 2 aromatic carbocycles. The number of benzene rings is 2. The minimum atomic E-state index is 0. The molecule has 0 aliphatic rings. The van der Waals surface area contributed by atoms with Gasteiger partial charge in [-0.1, -0.05) is 31.0 Å². The number of pyridine rings is 2. The van der Waals surface area contributed by atoms with Crippen LogP contribution >= 0.6 is 12.4 Å². The average Bonchev–Trinajstić information content (AvgIpc) is 3.42. The second-order valence-electron chi connectivity index (χ2n) is 9.94. The Morgan fingerprint density at radius 2 is 1.34 bits per heavy atom. The Kier molecular flexibility index (Phi) is 7.57. The first-order valence-corrected chi connectivity index (χ1v) is 13.5. The number of aryl methyl sites for hydroxylation is 4. The van der Waals surface area contributed by atoms with Crippen LogP contribution in [0.4, 0.5) is 0 Å². The fourth-order valence-corrected chi connectivity index (χ4v) is 5.94. The molecule has 0 aliphatic carbocycles. The molecule has 0 N–H and O–H groups in total. The molecule has 5 nitrogen and oxygen atoms in total. The first-order chi connectivity index (χ1) is 18.2. The molecular formula is C32H35ClN4O. The molecular weight excluding hydrogens is 492 g/mol. The molecule has 6 heteroatoms. The van der Waals surface area contributed by atoms with E-state index in [1.54, 1.807) is 0 Å². The van der Waals surface area contributed by atoms with E-state index < -0.39 is 0 Å². The summed E-state index contributed by atoms with van der Waals surface area (Å²) in [5.74, 6) is 0.948. The van der Waals surface area contributed by atoms with E-state index in [2.05, 4.69) is 94.5 Å². The van der Waals surface area contributed by atoms with E-state index in [1.807, 2.05) is 12.4 Å². The smallest absolute Gasteiger partial charge is 0.121 e. The summed E-state index contributed by atoms with van der Waals surface area (Å²) >= 11 is 0. The maximum absolute atomic E-state index is 6.18. The highest BCUT2D eigenvalue weighted by atomic mass is 35.5. The molecule has 196 valence electrons. The van der Waals surface area contributed by atoms with E-state index in [9.17, 15) is 0 Å². The predicted octanol–water partition coefficient (Wildman–Crippen LogP) is 8.39. The summed E-state index contributed by atoms with van der Waals surface area (Å²) in [5, 5.41) is 5.17. The van der Waals surface area contributed by atoms with E-state index in [0.717, 1.165) is 56.1 Å². The lowest BCUT2D eigenvalue weighted by atomic mass is 10.1. The molecule has 0 unspecified atom stereocenters. The maximum Gasteiger partial charge on any atom is 0.121 e. The molecule has 0 aliphatic heterocycles. The van der Waals surface area contributed by atoms with Gasteiger partial charge in [0.2, 0.25) is 0 Å². The molecule has 4 aromatic heterocycles. The third-order valence-electron chi connectivity index (χ3n) is 7.65. The Morgan fingerprint density at radius 3 is 2.08 bits per heavy atom. The van der Waals surface area contributed by atoms with Gasteiger partial charge in [-0.3, -0.25) is 9.97 Å². The van der Waals surface area contributed by atoms with Gasteiger partial charge < -0.3 is 13.9 Å². The van der Waals surface area contributed by atoms with Crippen molar-refractivity contribution in [1.29, 1.82) is 0 Å². The molecule has 0 saturated carbocycles. The summed E-state index contributed by atoms with van der Waals surface area (Å²) < 4.78 is 11.0. The van der Waals surface area contributed by atoms with Crippen molar-refractivity contribution in [3.63, 3.8) is 0 Å². The van der Waals surface area contributed by atoms with Gasteiger partial charge in [0.05, 0.1) is 34.5 Å². The summed E-state index contributed by atoms with van der Waals surface area (Å²) in [7, 11) is 0. The van der Waals surface area contributed by atoms with Crippen LogP contribution in [0.5, 0.6) is 5.75 Å². The van der Waals surface area contributed by atoms with Crippen LogP contribution in [0, 0.1) is 13.8 Å². The third kappa shape index (κ3) is 4.49. The van der Waals surface area contributed by atoms with Crippen molar-refractivity contribution >= 4 is 56.0 Å². The average molecular weight is 527 g/mol. The molecule has 6 aromatic rings. The third-order valence-corrected chi connectivity index (χ3v) is 7.65. The van der Waals surface area contributed by atoms with Crippen molar-refractivity contribution in [3.05, 3.63) is 78.4 Å². The number of aromatic nitrogens is 4. The van der Waals surface area contributed by atoms with Crippen LogP contribution in [-0.4, -0.2) is 25.7 Å². The molecule has 0 radical (unpaired) electrons. The number of unbranched alkanes of at least 4 members (excludes halogenated alkanes) is 3. The van der Waals surface area contributed by atoms with Gasteiger partial charge >= 0.3 is 0 Å². The number of hydrogen-bond acceptors (Lipinski definition) is 3. The SMILES string of the molecule is CCn1c2cc(OCCCCCCn3c4ccccc4c4ccnc(C)c43)ccc2c2ccnc(C)c21.Cl. The van der Waals surface area contributed by atoms with Crippen LogP contribution in [0.3, 0.4) is 0 Å². The zero-order valence-corrected chi connectivity index (χ0v) is 23.2. The topological polar surface area (TPSA) is 44.9 Å². The number of fused-ring (bicyclic) bond motifs is 6. The van der Waals surface area contributed by atoms with Gasteiger partial charge in [-0.15, -0.1) is 12.4 Å². The summed E-state index contributed by atoms with van der Waals surface area (Å²) in [4.78, 5) is 9.08. The monoisotopic (exact) mass is 526 g/mol. The van der Waals surface area contributed by atoms with Crippen LogP contribution in [0.2, 0.25) is 0 Å². The van der Waals surface area contributed by atoms with Gasteiger partial charge in [-0.2, -0.15) is 0 Å². The van der Waals surface area contributed by atoms with E-state index in [-0.39, 0.29) is 12.4 Å². The van der Waals surface area contributed by atoms with Crippen LogP contribution < -0.4 is 4.74 Å². The Morgan fingerprint density at radius 1 is 0.684 bits per heavy atom. The molecule has 0 spiro atoms. The van der Waals surface area contributed by atoms with Crippen molar-refractivity contribution < 1.29 is 4.74 Å². The highest BCUT2D eigenvalue weighted by Gasteiger charge is 2.14. The molecule has 38 heavy (non-hydrogen) atoms. The second kappa shape index (κ2) is 11.0. The number of para-hydroxylation sites is 1. The molecule has 0 atom stereocenters. The standard InChI is InChI=1S/C32H34N4O.ClH/c1-4-35-30-21-24(13-14-26(30)28-16-18-33-22(2)31(28)35)37-20-10-6-5-9-19-36-29-12-8-7-11-25(29)27-15-17-34-23(3)32(27)36;/h7-8,11-18,21H,4-6,9-10,19-20H2,1-3H3;1H. The van der Waals surface area contributed by atoms with Crippen molar-refractivity contribution in [2.24, 2.45) is 0 Å². The lowest BCUT2D eigenvalue weighted by molar-refractivity contribution is 0.304. The van der Waals surface area contributed by atoms with E-state index in [1.165, 1.54) is 50.0 Å².